The van der Waals surface area contributed by atoms with Gasteiger partial charge in [0.15, 0.2) is 5.78 Å². The summed E-state index contributed by atoms with van der Waals surface area (Å²) in [6, 6.07) is 18.8. The lowest BCUT2D eigenvalue weighted by atomic mass is 9.91. The topological polar surface area (TPSA) is 62.6 Å². The largest absolute Gasteiger partial charge is 0.291 e. The monoisotopic (exact) mass is 409 g/mol. The first-order valence-electron chi connectivity index (χ1n) is 8.44. The number of pyridine rings is 1. The molecule has 1 aliphatic heterocycles. The Morgan fingerprint density at radius 2 is 1.61 bits per heavy atom. The summed E-state index contributed by atoms with van der Waals surface area (Å²) in [7, 11) is 0. The Morgan fingerprint density at radius 3 is 2.25 bits per heavy atom. The molecule has 138 valence electrons. The molecular formula is C21H13Cl2N3O2. The molecule has 1 atom stereocenters. The Morgan fingerprint density at radius 1 is 0.929 bits per heavy atom. The molecule has 3 aromatic rings. The number of hydrazone groups is 1. The van der Waals surface area contributed by atoms with E-state index in [4.69, 9.17) is 23.2 Å². The highest BCUT2D eigenvalue weighted by molar-refractivity contribution is 6.36. The van der Waals surface area contributed by atoms with Gasteiger partial charge < -0.3 is 0 Å². The first-order chi connectivity index (χ1) is 13.5. The molecule has 1 amide bonds. The van der Waals surface area contributed by atoms with Gasteiger partial charge in [0.2, 0.25) is 0 Å². The fourth-order valence-electron chi connectivity index (χ4n) is 3.03. The van der Waals surface area contributed by atoms with Gasteiger partial charge in [-0.15, -0.1) is 0 Å². The average Bonchev–Trinajstić information content (AvgIpc) is 3.05. The summed E-state index contributed by atoms with van der Waals surface area (Å²) >= 11 is 12.2. The molecule has 0 spiro atoms. The minimum absolute atomic E-state index is 0.204. The van der Waals surface area contributed by atoms with E-state index in [1.54, 1.807) is 48.5 Å². The second-order valence-corrected chi connectivity index (χ2v) is 7.01. The zero-order chi connectivity index (χ0) is 19.7. The van der Waals surface area contributed by atoms with Crippen LogP contribution in [-0.4, -0.2) is 22.4 Å². The number of Topliss-reactive ketones (excluding diaryl/α,β-unsaturated/α-hetero) is 1. The molecule has 0 saturated heterocycles. The number of ketones is 1. The Balaban J connectivity index is 1.82. The molecule has 0 bridgehead atoms. The molecular weight excluding hydrogens is 397 g/mol. The SMILES string of the molecule is O=C(c1ccccn1)C1C(=O)N(c2cc(Cl)cc(Cl)c2)N=C1c1ccccc1. The minimum atomic E-state index is -1.10. The van der Waals surface area contributed by atoms with Gasteiger partial charge in [-0.2, -0.15) is 10.1 Å². The molecule has 0 N–H and O–H groups in total. The lowest BCUT2D eigenvalue weighted by Crippen LogP contribution is -2.34. The molecule has 1 aromatic heterocycles. The van der Waals surface area contributed by atoms with Crippen LogP contribution in [0, 0.1) is 5.92 Å². The number of halogens is 2. The van der Waals surface area contributed by atoms with E-state index in [-0.39, 0.29) is 5.69 Å². The fourth-order valence-corrected chi connectivity index (χ4v) is 3.54. The summed E-state index contributed by atoms with van der Waals surface area (Å²) < 4.78 is 0. The number of rotatable bonds is 4. The maximum atomic E-state index is 13.2. The first-order valence-corrected chi connectivity index (χ1v) is 9.19. The maximum absolute atomic E-state index is 13.2. The van der Waals surface area contributed by atoms with Crippen LogP contribution in [0.15, 0.2) is 78.0 Å². The smallest absolute Gasteiger partial charge is 0.264 e. The Bertz CT molecular complexity index is 1070. The van der Waals surface area contributed by atoms with Gasteiger partial charge >= 0.3 is 0 Å². The number of aromatic nitrogens is 1. The third-order valence-electron chi connectivity index (χ3n) is 4.28. The number of anilines is 1. The van der Waals surface area contributed by atoms with Crippen LogP contribution in [0.4, 0.5) is 5.69 Å². The summed E-state index contributed by atoms with van der Waals surface area (Å²) in [6.07, 6.45) is 1.51. The summed E-state index contributed by atoms with van der Waals surface area (Å²) in [6.45, 7) is 0. The van der Waals surface area contributed by atoms with E-state index in [1.807, 2.05) is 18.2 Å². The Kier molecular flexibility index (Phi) is 4.94. The molecule has 2 aromatic carbocycles. The number of carbonyl (C=O) groups excluding carboxylic acids is 2. The molecule has 0 radical (unpaired) electrons. The van der Waals surface area contributed by atoms with Gasteiger partial charge in [-0.05, 0) is 35.9 Å². The van der Waals surface area contributed by atoms with E-state index in [9.17, 15) is 9.59 Å². The van der Waals surface area contributed by atoms with Crippen molar-refractivity contribution in [1.82, 2.24) is 4.98 Å². The van der Waals surface area contributed by atoms with E-state index >= 15 is 0 Å². The molecule has 0 saturated carbocycles. The van der Waals surface area contributed by atoms with Gasteiger partial charge in [0.05, 0.1) is 11.4 Å². The highest BCUT2D eigenvalue weighted by Gasteiger charge is 2.43. The van der Waals surface area contributed by atoms with Crippen LogP contribution in [0.2, 0.25) is 10.0 Å². The quantitative estimate of drug-likeness (QED) is 0.465. The first kappa shape index (κ1) is 18.3. The normalized spacial score (nSPS) is 16.2. The van der Waals surface area contributed by atoms with E-state index in [2.05, 4.69) is 10.1 Å². The fraction of sp³-hybridized carbons (Fsp3) is 0.0476. The summed E-state index contributed by atoms with van der Waals surface area (Å²) in [5.41, 5.74) is 1.64. The highest BCUT2D eigenvalue weighted by atomic mass is 35.5. The number of amides is 1. The van der Waals surface area contributed by atoms with Crippen LogP contribution in [0.3, 0.4) is 0 Å². The summed E-state index contributed by atoms with van der Waals surface area (Å²) in [4.78, 5) is 30.4. The molecule has 5 nitrogen and oxygen atoms in total. The molecule has 1 unspecified atom stereocenters. The van der Waals surface area contributed by atoms with Crippen LogP contribution < -0.4 is 5.01 Å². The number of hydrogen-bond donors (Lipinski definition) is 0. The van der Waals surface area contributed by atoms with Gasteiger partial charge in [-0.3, -0.25) is 14.6 Å². The molecule has 0 fully saturated rings. The van der Waals surface area contributed by atoms with Gasteiger partial charge in [0.1, 0.15) is 11.6 Å². The van der Waals surface area contributed by atoms with Crippen molar-refractivity contribution in [2.24, 2.45) is 11.0 Å². The predicted octanol–water partition coefficient (Wildman–Crippen LogP) is 4.64. The lowest BCUT2D eigenvalue weighted by molar-refractivity contribution is -0.118. The standard InChI is InChI=1S/C21H13Cl2N3O2/c22-14-10-15(23)12-16(11-14)26-21(28)18(20(27)17-8-4-5-9-24-17)19(25-26)13-6-2-1-3-7-13/h1-12,18H. The van der Waals surface area contributed by atoms with E-state index < -0.39 is 17.6 Å². The summed E-state index contributed by atoms with van der Waals surface area (Å²) in [5, 5.41) is 6.36. The molecule has 1 aliphatic rings. The van der Waals surface area contributed by atoms with Gasteiger partial charge in [0.25, 0.3) is 5.91 Å². The third-order valence-corrected chi connectivity index (χ3v) is 4.71. The van der Waals surface area contributed by atoms with Gasteiger partial charge in [-0.1, -0.05) is 59.6 Å². The zero-order valence-electron chi connectivity index (χ0n) is 14.4. The van der Waals surface area contributed by atoms with Crippen molar-refractivity contribution in [3.63, 3.8) is 0 Å². The molecule has 7 heteroatoms. The molecule has 2 heterocycles. The highest BCUT2D eigenvalue weighted by Crippen LogP contribution is 2.32. The van der Waals surface area contributed by atoms with E-state index in [0.29, 0.717) is 27.0 Å². The molecule has 28 heavy (non-hydrogen) atoms. The number of carbonyl (C=O) groups is 2. The van der Waals surface area contributed by atoms with Crippen LogP contribution >= 0.6 is 23.2 Å². The van der Waals surface area contributed by atoms with Crippen LogP contribution in [0.1, 0.15) is 16.1 Å². The Hall–Kier alpha value is -3.02. The van der Waals surface area contributed by atoms with Crippen LogP contribution in [-0.2, 0) is 4.79 Å². The van der Waals surface area contributed by atoms with Crippen LogP contribution in [0.5, 0.6) is 0 Å². The predicted molar refractivity (Wildman–Crippen MR) is 109 cm³/mol. The maximum Gasteiger partial charge on any atom is 0.264 e. The van der Waals surface area contributed by atoms with Crippen molar-refractivity contribution in [2.45, 2.75) is 0 Å². The molecule has 4 rings (SSSR count). The number of benzene rings is 2. The molecule has 0 aliphatic carbocycles. The third kappa shape index (κ3) is 3.42. The minimum Gasteiger partial charge on any atom is -0.291 e. The van der Waals surface area contributed by atoms with Gasteiger partial charge in [-0.25, -0.2) is 0 Å². The number of hydrogen-bond acceptors (Lipinski definition) is 4. The second-order valence-electron chi connectivity index (χ2n) is 6.14. The van der Waals surface area contributed by atoms with Crippen molar-refractivity contribution in [2.75, 3.05) is 5.01 Å². The van der Waals surface area contributed by atoms with E-state index in [0.717, 1.165) is 0 Å². The zero-order valence-corrected chi connectivity index (χ0v) is 15.9. The van der Waals surface area contributed by atoms with Gasteiger partial charge in [0, 0.05) is 16.2 Å². The van der Waals surface area contributed by atoms with Crippen molar-refractivity contribution < 1.29 is 9.59 Å². The van der Waals surface area contributed by atoms with Crippen molar-refractivity contribution in [1.29, 1.82) is 0 Å². The average molecular weight is 410 g/mol. The van der Waals surface area contributed by atoms with Crippen molar-refractivity contribution >= 4 is 46.3 Å². The van der Waals surface area contributed by atoms with Crippen molar-refractivity contribution in [3.8, 4) is 0 Å². The van der Waals surface area contributed by atoms with Crippen LogP contribution in [0.25, 0.3) is 0 Å². The van der Waals surface area contributed by atoms with Crippen molar-refractivity contribution in [3.05, 3.63) is 94.2 Å². The summed E-state index contributed by atoms with van der Waals surface area (Å²) in [5.74, 6) is -1.99. The Labute approximate surface area is 171 Å². The lowest BCUT2D eigenvalue weighted by Gasteiger charge is -2.14. The number of nitrogens with zero attached hydrogens (tertiary/aromatic N) is 3. The van der Waals surface area contributed by atoms with E-state index in [1.165, 1.54) is 11.2 Å². The second kappa shape index (κ2) is 7.54.